The lowest BCUT2D eigenvalue weighted by Crippen LogP contribution is -1.92. The summed E-state index contributed by atoms with van der Waals surface area (Å²) in [6.07, 6.45) is 9.34. The van der Waals surface area contributed by atoms with Crippen molar-refractivity contribution in [2.75, 3.05) is 5.32 Å². The van der Waals surface area contributed by atoms with Crippen molar-refractivity contribution in [3.63, 3.8) is 0 Å². The number of hydrogen-bond donors (Lipinski definition) is 1. The summed E-state index contributed by atoms with van der Waals surface area (Å²) in [6.45, 7) is 2.27. The average molecular weight is 332 g/mol. The van der Waals surface area contributed by atoms with E-state index in [1.165, 1.54) is 67.0 Å². The van der Waals surface area contributed by atoms with Gasteiger partial charge in [-0.15, -0.1) is 0 Å². The summed E-state index contributed by atoms with van der Waals surface area (Å²) in [5, 5.41) is 6.10. The lowest BCUT2D eigenvalue weighted by atomic mass is 10.0. The van der Waals surface area contributed by atoms with Gasteiger partial charge >= 0.3 is 0 Å². The average Bonchev–Trinajstić information content (AvgIpc) is 2.66. The Morgan fingerprint density at radius 1 is 0.680 bits per heavy atom. The van der Waals surface area contributed by atoms with Gasteiger partial charge in [-0.1, -0.05) is 87.6 Å². The molecule has 0 bridgehead atoms. The number of fused-ring (bicyclic) bond motifs is 1. The molecule has 1 N–H and O–H groups in total. The summed E-state index contributed by atoms with van der Waals surface area (Å²) in [7, 11) is 0. The van der Waals surface area contributed by atoms with Crippen LogP contribution in [0.1, 0.15) is 51.0 Å². The van der Waals surface area contributed by atoms with Crippen molar-refractivity contribution >= 4 is 22.1 Å². The molecule has 1 nitrogen and oxygen atoms in total. The van der Waals surface area contributed by atoms with Crippen LogP contribution in [-0.4, -0.2) is 0 Å². The Balaban J connectivity index is 1.55. The second kappa shape index (κ2) is 9.27. The van der Waals surface area contributed by atoms with Gasteiger partial charge in [-0.3, -0.25) is 0 Å². The predicted molar refractivity (Wildman–Crippen MR) is 111 cm³/mol. The normalized spacial score (nSPS) is 10.9. The van der Waals surface area contributed by atoms with E-state index in [0.29, 0.717) is 0 Å². The molecule has 3 aromatic carbocycles. The van der Waals surface area contributed by atoms with E-state index in [4.69, 9.17) is 0 Å². The quantitative estimate of drug-likeness (QED) is 0.400. The maximum atomic E-state index is 3.56. The maximum absolute atomic E-state index is 3.56. The Hall–Kier alpha value is -2.28. The van der Waals surface area contributed by atoms with Crippen molar-refractivity contribution in [3.05, 3.63) is 72.3 Å². The molecule has 25 heavy (non-hydrogen) atoms. The van der Waals surface area contributed by atoms with Crippen molar-refractivity contribution in [1.29, 1.82) is 0 Å². The van der Waals surface area contributed by atoms with E-state index in [9.17, 15) is 0 Å². The van der Waals surface area contributed by atoms with Crippen LogP contribution in [0.4, 0.5) is 11.4 Å². The third kappa shape index (κ3) is 5.09. The molecule has 0 saturated heterocycles. The van der Waals surface area contributed by atoms with Gasteiger partial charge < -0.3 is 5.32 Å². The monoisotopic (exact) mass is 331 g/mol. The van der Waals surface area contributed by atoms with Crippen LogP contribution in [-0.2, 0) is 6.42 Å². The maximum Gasteiger partial charge on any atom is 0.0463 e. The third-order valence-corrected chi connectivity index (χ3v) is 4.84. The first-order valence-corrected chi connectivity index (χ1v) is 9.70. The lowest BCUT2D eigenvalue weighted by molar-refractivity contribution is 0.607. The van der Waals surface area contributed by atoms with Crippen LogP contribution in [0.25, 0.3) is 10.8 Å². The van der Waals surface area contributed by atoms with Crippen molar-refractivity contribution in [1.82, 2.24) is 0 Å². The fourth-order valence-electron chi connectivity index (χ4n) is 3.35. The standard InChI is InChI=1S/C24H29N/c1-2-3-4-5-6-7-11-20-16-18-22(19-17-20)25-24-15-10-13-21-12-8-9-14-23(21)24/h8-10,12-19,25H,2-7,11H2,1H3. The molecule has 0 saturated carbocycles. The number of rotatable bonds is 9. The van der Waals surface area contributed by atoms with Gasteiger partial charge in [-0.25, -0.2) is 0 Å². The number of unbranched alkanes of at least 4 members (excludes halogenated alkanes) is 5. The minimum atomic E-state index is 1.16. The van der Waals surface area contributed by atoms with E-state index in [1.54, 1.807) is 0 Å². The van der Waals surface area contributed by atoms with Gasteiger partial charge in [0.25, 0.3) is 0 Å². The Kier molecular flexibility index (Phi) is 6.50. The Labute approximate surface area is 152 Å². The molecule has 130 valence electrons. The number of benzene rings is 3. The van der Waals surface area contributed by atoms with Crippen LogP contribution in [0.2, 0.25) is 0 Å². The molecule has 0 radical (unpaired) electrons. The molecule has 0 unspecified atom stereocenters. The van der Waals surface area contributed by atoms with Crippen LogP contribution < -0.4 is 5.32 Å². The second-order valence-electron chi connectivity index (χ2n) is 6.87. The van der Waals surface area contributed by atoms with E-state index in [2.05, 4.69) is 79.0 Å². The van der Waals surface area contributed by atoms with Crippen molar-refractivity contribution in [2.45, 2.75) is 51.9 Å². The largest absolute Gasteiger partial charge is 0.355 e. The van der Waals surface area contributed by atoms with Crippen LogP contribution in [0, 0.1) is 0 Å². The predicted octanol–water partition coefficient (Wildman–Crippen LogP) is 7.49. The van der Waals surface area contributed by atoms with Crippen molar-refractivity contribution < 1.29 is 0 Å². The zero-order valence-corrected chi connectivity index (χ0v) is 15.3. The molecule has 0 spiro atoms. The zero-order valence-electron chi connectivity index (χ0n) is 15.3. The van der Waals surface area contributed by atoms with Gasteiger partial charge in [0, 0.05) is 16.8 Å². The Bertz CT molecular complexity index is 768. The summed E-state index contributed by atoms with van der Waals surface area (Å²) in [5.41, 5.74) is 3.77. The van der Waals surface area contributed by atoms with Crippen LogP contribution in [0.5, 0.6) is 0 Å². The van der Waals surface area contributed by atoms with Crippen LogP contribution >= 0.6 is 0 Å². The molecule has 3 rings (SSSR count). The molecule has 3 aromatic rings. The van der Waals surface area contributed by atoms with Gasteiger partial charge in [0.1, 0.15) is 0 Å². The fraction of sp³-hybridized carbons (Fsp3) is 0.333. The Morgan fingerprint density at radius 2 is 1.40 bits per heavy atom. The molecule has 0 heterocycles. The molecular weight excluding hydrogens is 302 g/mol. The zero-order chi connectivity index (χ0) is 17.3. The summed E-state index contributed by atoms with van der Waals surface area (Å²) in [5.74, 6) is 0. The molecule has 0 aromatic heterocycles. The molecule has 0 amide bonds. The first kappa shape index (κ1) is 17.5. The van der Waals surface area contributed by atoms with Crippen LogP contribution in [0.3, 0.4) is 0 Å². The molecular formula is C24H29N. The molecule has 1 heteroatoms. The van der Waals surface area contributed by atoms with Gasteiger partial charge in [-0.2, -0.15) is 0 Å². The summed E-state index contributed by atoms with van der Waals surface area (Å²) in [6, 6.07) is 23.9. The smallest absolute Gasteiger partial charge is 0.0463 e. The van der Waals surface area contributed by atoms with Gasteiger partial charge in [0.15, 0.2) is 0 Å². The van der Waals surface area contributed by atoms with E-state index in [-0.39, 0.29) is 0 Å². The first-order valence-electron chi connectivity index (χ1n) is 9.70. The van der Waals surface area contributed by atoms with E-state index in [1.807, 2.05) is 0 Å². The number of aryl methyl sites for hydroxylation is 1. The number of nitrogens with one attached hydrogen (secondary N) is 1. The second-order valence-corrected chi connectivity index (χ2v) is 6.87. The third-order valence-electron chi connectivity index (χ3n) is 4.84. The lowest BCUT2D eigenvalue weighted by Gasteiger charge is -2.10. The fourth-order valence-corrected chi connectivity index (χ4v) is 3.35. The van der Waals surface area contributed by atoms with E-state index < -0.39 is 0 Å². The highest BCUT2D eigenvalue weighted by Gasteiger charge is 2.01. The molecule has 0 aliphatic carbocycles. The highest BCUT2D eigenvalue weighted by molar-refractivity contribution is 5.95. The first-order chi connectivity index (χ1) is 12.4. The van der Waals surface area contributed by atoms with E-state index >= 15 is 0 Å². The topological polar surface area (TPSA) is 12.0 Å². The number of anilines is 2. The minimum absolute atomic E-state index is 1.16. The van der Waals surface area contributed by atoms with Gasteiger partial charge in [0.2, 0.25) is 0 Å². The van der Waals surface area contributed by atoms with Gasteiger partial charge in [0.05, 0.1) is 0 Å². The SMILES string of the molecule is CCCCCCCCc1ccc(Nc2cccc3ccccc23)cc1. The number of hydrogen-bond acceptors (Lipinski definition) is 1. The summed E-state index contributed by atoms with van der Waals surface area (Å²) >= 11 is 0. The summed E-state index contributed by atoms with van der Waals surface area (Å²) in [4.78, 5) is 0. The molecule has 0 aliphatic heterocycles. The highest BCUT2D eigenvalue weighted by atomic mass is 14.9. The van der Waals surface area contributed by atoms with E-state index in [0.717, 1.165) is 5.69 Å². The highest BCUT2D eigenvalue weighted by Crippen LogP contribution is 2.26. The van der Waals surface area contributed by atoms with Crippen molar-refractivity contribution in [2.24, 2.45) is 0 Å². The molecule has 0 fully saturated rings. The van der Waals surface area contributed by atoms with Crippen LogP contribution in [0.15, 0.2) is 66.7 Å². The Morgan fingerprint density at radius 3 is 2.24 bits per heavy atom. The van der Waals surface area contributed by atoms with Gasteiger partial charge in [-0.05, 0) is 42.0 Å². The minimum Gasteiger partial charge on any atom is -0.355 e. The van der Waals surface area contributed by atoms with Crippen molar-refractivity contribution in [3.8, 4) is 0 Å². The molecule has 0 aliphatic rings. The molecule has 0 atom stereocenters. The summed E-state index contributed by atoms with van der Waals surface area (Å²) < 4.78 is 0.